The fourth-order valence-electron chi connectivity index (χ4n) is 2.41. The first-order valence-electron chi connectivity index (χ1n) is 6.94. The van der Waals surface area contributed by atoms with Gasteiger partial charge in [0.15, 0.2) is 0 Å². The average molecular weight is 376 g/mol. The van der Waals surface area contributed by atoms with E-state index >= 15 is 0 Å². The molecule has 0 saturated carbocycles. The van der Waals surface area contributed by atoms with E-state index < -0.39 is 5.91 Å². The zero-order valence-corrected chi connectivity index (χ0v) is 14.2. The number of aryl methyl sites for hydroxylation is 1. The van der Waals surface area contributed by atoms with Gasteiger partial charge in [0.05, 0.1) is 53.2 Å². The lowest BCUT2D eigenvalue weighted by molar-refractivity contribution is 0.0996. The Bertz CT molecular complexity index is 889. The summed E-state index contributed by atoms with van der Waals surface area (Å²) in [6.07, 6.45) is 4.91. The number of carbonyl (C=O) groups is 1. The number of aromatic nitrogens is 4. The van der Waals surface area contributed by atoms with Crippen LogP contribution in [0, 0.1) is 6.92 Å². The first-order chi connectivity index (χ1) is 11.0. The second kappa shape index (κ2) is 5.96. The summed E-state index contributed by atoms with van der Waals surface area (Å²) in [5.41, 5.74) is 8.74. The standard InChI is InChI=1S/C15H14BrN5O2/c1-3-23-12-7-21-11(4-9(12)15(17)22)14(8(2)20-21)10-5-19-13(16)6-18-10/h4-7H,3H2,1-2H3,(H2,17,22). The Labute approximate surface area is 140 Å². The quantitative estimate of drug-likeness (QED) is 0.754. The van der Waals surface area contributed by atoms with Crippen LogP contribution < -0.4 is 10.5 Å². The van der Waals surface area contributed by atoms with E-state index in [0.717, 1.165) is 16.8 Å². The number of primary amides is 1. The minimum atomic E-state index is -0.553. The molecule has 0 saturated heterocycles. The van der Waals surface area contributed by atoms with E-state index in [4.69, 9.17) is 10.5 Å². The third kappa shape index (κ3) is 2.77. The molecule has 0 atom stereocenters. The largest absolute Gasteiger partial charge is 0.491 e. The summed E-state index contributed by atoms with van der Waals surface area (Å²) < 4.78 is 7.78. The van der Waals surface area contributed by atoms with Crippen molar-refractivity contribution in [2.45, 2.75) is 13.8 Å². The molecule has 1 amide bonds. The van der Waals surface area contributed by atoms with Crippen LogP contribution in [-0.4, -0.2) is 32.1 Å². The summed E-state index contributed by atoms with van der Waals surface area (Å²) >= 11 is 3.26. The molecule has 0 fully saturated rings. The average Bonchev–Trinajstić information content (AvgIpc) is 2.82. The Morgan fingerprint density at radius 3 is 2.78 bits per heavy atom. The van der Waals surface area contributed by atoms with Crippen molar-refractivity contribution >= 4 is 27.4 Å². The topological polar surface area (TPSA) is 95.4 Å². The van der Waals surface area contributed by atoms with Gasteiger partial charge in [0, 0.05) is 0 Å². The summed E-state index contributed by atoms with van der Waals surface area (Å²) in [7, 11) is 0. The SMILES string of the molecule is CCOc1cn2nc(C)c(-c3cnc(Br)cn3)c2cc1C(N)=O. The fraction of sp³-hybridized carbons (Fsp3) is 0.200. The van der Waals surface area contributed by atoms with Crippen molar-refractivity contribution in [2.24, 2.45) is 5.73 Å². The smallest absolute Gasteiger partial charge is 0.252 e. The maximum absolute atomic E-state index is 11.7. The molecule has 0 aliphatic rings. The van der Waals surface area contributed by atoms with Gasteiger partial charge in [-0.2, -0.15) is 5.10 Å². The predicted molar refractivity (Wildman–Crippen MR) is 88.3 cm³/mol. The van der Waals surface area contributed by atoms with Gasteiger partial charge in [-0.1, -0.05) is 0 Å². The van der Waals surface area contributed by atoms with E-state index in [1.165, 1.54) is 0 Å². The normalized spacial score (nSPS) is 10.9. The number of amides is 1. The summed E-state index contributed by atoms with van der Waals surface area (Å²) in [6, 6.07) is 1.67. The maximum Gasteiger partial charge on any atom is 0.252 e. The van der Waals surface area contributed by atoms with Crippen LogP contribution >= 0.6 is 15.9 Å². The Kier molecular flexibility index (Phi) is 3.99. The van der Waals surface area contributed by atoms with Gasteiger partial charge in [0.2, 0.25) is 0 Å². The summed E-state index contributed by atoms with van der Waals surface area (Å²) in [6.45, 7) is 4.14. The van der Waals surface area contributed by atoms with Gasteiger partial charge < -0.3 is 10.5 Å². The third-order valence-electron chi connectivity index (χ3n) is 3.35. The minimum absolute atomic E-state index is 0.311. The molecule has 3 heterocycles. The molecular weight excluding hydrogens is 362 g/mol. The lowest BCUT2D eigenvalue weighted by Crippen LogP contribution is -2.14. The molecule has 3 aromatic heterocycles. The van der Waals surface area contributed by atoms with Crippen LogP contribution in [0.15, 0.2) is 29.3 Å². The molecule has 3 aromatic rings. The van der Waals surface area contributed by atoms with Crippen LogP contribution in [0.25, 0.3) is 16.8 Å². The molecular formula is C15H14BrN5O2. The number of hydrogen-bond donors (Lipinski definition) is 1. The Morgan fingerprint density at radius 2 is 2.17 bits per heavy atom. The van der Waals surface area contributed by atoms with E-state index in [1.54, 1.807) is 29.2 Å². The summed E-state index contributed by atoms with van der Waals surface area (Å²) in [5.74, 6) is -0.147. The summed E-state index contributed by atoms with van der Waals surface area (Å²) in [5, 5.41) is 4.46. The van der Waals surface area contributed by atoms with Crippen LogP contribution in [0.1, 0.15) is 23.0 Å². The lowest BCUT2D eigenvalue weighted by Gasteiger charge is -2.09. The molecule has 8 heteroatoms. The van der Waals surface area contributed by atoms with Gasteiger partial charge in [-0.15, -0.1) is 0 Å². The molecule has 23 heavy (non-hydrogen) atoms. The van der Waals surface area contributed by atoms with Crippen LogP contribution in [0.3, 0.4) is 0 Å². The molecule has 0 aliphatic carbocycles. The monoisotopic (exact) mass is 375 g/mol. The van der Waals surface area contributed by atoms with Crippen LogP contribution in [0.5, 0.6) is 5.75 Å². The second-order valence-corrected chi connectivity index (χ2v) is 5.68. The van der Waals surface area contributed by atoms with Crippen LogP contribution in [0.2, 0.25) is 0 Å². The molecule has 118 valence electrons. The lowest BCUT2D eigenvalue weighted by atomic mass is 10.1. The van der Waals surface area contributed by atoms with Crippen LogP contribution in [0.4, 0.5) is 0 Å². The molecule has 0 radical (unpaired) electrons. The van der Waals surface area contributed by atoms with Crippen molar-refractivity contribution in [3.63, 3.8) is 0 Å². The molecule has 0 aromatic carbocycles. The van der Waals surface area contributed by atoms with Gasteiger partial charge in [0.1, 0.15) is 10.4 Å². The zero-order valence-electron chi connectivity index (χ0n) is 12.6. The van der Waals surface area contributed by atoms with Crippen molar-refractivity contribution in [1.82, 2.24) is 19.6 Å². The fourth-order valence-corrected chi connectivity index (χ4v) is 2.62. The van der Waals surface area contributed by atoms with E-state index in [9.17, 15) is 4.79 Å². The van der Waals surface area contributed by atoms with Crippen LogP contribution in [-0.2, 0) is 0 Å². The second-order valence-electron chi connectivity index (χ2n) is 4.86. The number of rotatable bonds is 4. The van der Waals surface area contributed by atoms with Crippen molar-refractivity contribution in [2.75, 3.05) is 6.61 Å². The number of pyridine rings is 1. The van der Waals surface area contributed by atoms with Gasteiger partial charge in [-0.3, -0.25) is 9.78 Å². The van der Waals surface area contributed by atoms with Gasteiger partial charge in [-0.05, 0) is 35.8 Å². The highest BCUT2D eigenvalue weighted by Gasteiger charge is 2.18. The van der Waals surface area contributed by atoms with Gasteiger partial charge >= 0.3 is 0 Å². The minimum Gasteiger partial charge on any atom is -0.491 e. The van der Waals surface area contributed by atoms with E-state index in [1.807, 2.05) is 13.8 Å². The molecule has 0 bridgehead atoms. The Balaban J connectivity index is 2.27. The molecule has 2 N–H and O–H groups in total. The molecule has 3 rings (SSSR count). The predicted octanol–water partition coefficient (Wildman–Crippen LogP) is 2.36. The van der Waals surface area contributed by atoms with Crippen molar-refractivity contribution in [3.05, 3.63) is 40.5 Å². The highest BCUT2D eigenvalue weighted by Crippen LogP contribution is 2.30. The number of fused-ring (bicyclic) bond motifs is 1. The molecule has 0 unspecified atom stereocenters. The zero-order chi connectivity index (χ0) is 16.6. The molecule has 7 nitrogen and oxygen atoms in total. The Hall–Kier alpha value is -2.48. The Morgan fingerprint density at radius 1 is 1.39 bits per heavy atom. The van der Waals surface area contributed by atoms with Gasteiger partial charge in [0.25, 0.3) is 5.91 Å². The number of nitrogens with zero attached hydrogens (tertiary/aromatic N) is 4. The number of ether oxygens (including phenoxy) is 1. The highest BCUT2D eigenvalue weighted by molar-refractivity contribution is 9.10. The molecule has 0 spiro atoms. The van der Waals surface area contributed by atoms with Crippen molar-refractivity contribution < 1.29 is 9.53 Å². The number of hydrogen-bond acceptors (Lipinski definition) is 5. The van der Waals surface area contributed by atoms with Crippen molar-refractivity contribution in [3.8, 4) is 17.0 Å². The number of halogens is 1. The molecule has 0 aliphatic heterocycles. The number of carbonyl (C=O) groups excluding carboxylic acids is 1. The summed E-state index contributed by atoms with van der Waals surface area (Å²) in [4.78, 5) is 20.3. The highest BCUT2D eigenvalue weighted by atomic mass is 79.9. The van der Waals surface area contributed by atoms with E-state index in [-0.39, 0.29) is 0 Å². The van der Waals surface area contributed by atoms with Gasteiger partial charge in [-0.25, -0.2) is 9.50 Å². The number of nitrogens with two attached hydrogens (primary N) is 1. The van der Waals surface area contributed by atoms with E-state index in [0.29, 0.717) is 28.2 Å². The van der Waals surface area contributed by atoms with E-state index in [2.05, 4.69) is 31.0 Å². The third-order valence-corrected chi connectivity index (χ3v) is 3.76. The first-order valence-corrected chi connectivity index (χ1v) is 7.74. The van der Waals surface area contributed by atoms with Crippen molar-refractivity contribution in [1.29, 1.82) is 0 Å². The first kappa shape index (κ1) is 15.4. The maximum atomic E-state index is 11.7.